The number of rotatable bonds is 10. The Bertz CT molecular complexity index is 544. The second-order valence-electron chi connectivity index (χ2n) is 5.36. The number of hydrogen-bond donors (Lipinski definition) is 3. The summed E-state index contributed by atoms with van der Waals surface area (Å²) in [6, 6.07) is 9.90. The van der Waals surface area contributed by atoms with E-state index in [1.165, 1.54) is 0 Å². The lowest BCUT2D eigenvalue weighted by Crippen LogP contribution is -2.12. The first-order chi connectivity index (χ1) is 11.3. The number of para-hydroxylation sites is 1. The van der Waals surface area contributed by atoms with Crippen molar-refractivity contribution in [3.8, 4) is 0 Å². The van der Waals surface area contributed by atoms with Gasteiger partial charge in [-0.3, -0.25) is 0 Å². The fraction of sp³-hybridized carbons (Fsp3) is 0.471. The quantitative estimate of drug-likeness (QED) is 0.575. The van der Waals surface area contributed by atoms with Crippen LogP contribution in [0.3, 0.4) is 0 Å². The van der Waals surface area contributed by atoms with E-state index in [4.69, 9.17) is 0 Å². The topological polar surface area (TPSA) is 74.8 Å². The highest BCUT2D eigenvalue weighted by Gasteiger charge is 2.06. The summed E-state index contributed by atoms with van der Waals surface area (Å²) in [4.78, 5) is 13.3. The van der Waals surface area contributed by atoms with E-state index in [1.807, 2.05) is 30.3 Å². The highest BCUT2D eigenvalue weighted by Crippen LogP contribution is 2.15. The van der Waals surface area contributed by atoms with Gasteiger partial charge in [0.2, 0.25) is 17.8 Å². The smallest absolute Gasteiger partial charge is 0.233 e. The molecule has 1 aromatic heterocycles. The molecule has 0 aliphatic carbocycles. The Morgan fingerprint density at radius 3 is 1.78 bits per heavy atom. The normalized spacial score (nSPS) is 10.3. The fourth-order valence-corrected chi connectivity index (χ4v) is 1.99. The van der Waals surface area contributed by atoms with Gasteiger partial charge in [0.1, 0.15) is 0 Å². The molecule has 1 heterocycles. The molecule has 0 spiro atoms. The van der Waals surface area contributed by atoms with Crippen LogP contribution in [0.15, 0.2) is 30.3 Å². The average molecular weight is 314 g/mol. The minimum absolute atomic E-state index is 0.546. The molecule has 0 aliphatic heterocycles. The number of unbranched alkanes of at least 4 members (excludes halogenated alkanes) is 2. The van der Waals surface area contributed by atoms with Gasteiger partial charge < -0.3 is 16.0 Å². The Balaban J connectivity index is 2.10. The largest absolute Gasteiger partial charge is 0.354 e. The van der Waals surface area contributed by atoms with Crippen LogP contribution < -0.4 is 16.0 Å². The predicted octanol–water partition coefficient (Wildman–Crippen LogP) is 4.04. The summed E-state index contributed by atoms with van der Waals surface area (Å²) in [6.45, 7) is 6.05. The van der Waals surface area contributed by atoms with Gasteiger partial charge >= 0.3 is 0 Å². The molecule has 6 nitrogen and oxygen atoms in total. The minimum Gasteiger partial charge on any atom is -0.354 e. The third kappa shape index (κ3) is 6.10. The van der Waals surface area contributed by atoms with Gasteiger partial charge in [0.25, 0.3) is 0 Å². The van der Waals surface area contributed by atoms with Gasteiger partial charge in [-0.25, -0.2) is 0 Å². The lowest BCUT2D eigenvalue weighted by atomic mass is 10.3. The lowest BCUT2D eigenvalue weighted by molar-refractivity contribution is 0.816. The molecule has 1 aromatic carbocycles. The number of hydrogen-bond acceptors (Lipinski definition) is 6. The van der Waals surface area contributed by atoms with Gasteiger partial charge in [0.05, 0.1) is 0 Å². The molecule has 0 atom stereocenters. The van der Waals surface area contributed by atoms with Crippen molar-refractivity contribution < 1.29 is 0 Å². The maximum Gasteiger partial charge on any atom is 0.233 e. The molecule has 2 rings (SSSR count). The van der Waals surface area contributed by atoms with Crippen LogP contribution in [0.4, 0.5) is 23.5 Å². The molecule has 0 saturated heterocycles. The monoisotopic (exact) mass is 314 g/mol. The van der Waals surface area contributed by atoms with Crippen molar-refractivity contribution in [1.82, 2.24) is 15.0 Å². The van der Waals surface area contributed by atoms with Crippen LogP contribution in [-0.4, -0.2) is 28.0 Å². The Hall–Kier alpha value is -2.37. The van der Waals surface area contributed by atoms with Crippen molar-refractivity contribution in [2.75, 3.05) is 29.0 Å². The first kappa shape index (κ1) is 17.0. The van der Waals surface area contributed by atoms with Crippen molar-refractivity contribution >= 4 is 23.5 Å². The second-order valence-corrected chi connectivity index (χ2v) is 5.36. The van der Waals surface area contributed by atoms with E-state index in [2.05, 4.69) is 44.7 Å². The third-order valence-corrected chi connectivity index (χ3v) is 3.29. The lowest BCUT2D eigenvalue weighted by Gasteiger charge is -2.11. The number of aromatic nitrogens is 3. The second kappa shape index (κ2) is 9.61. The maximum absolute atomic E-state index is 4.44. The van der Waals surface area contributed by atoms with E-state index in [9.17, 15) is 0 Å². The number of benzene rings is 1. The van der Waals surface area contributed by atoms with Crippen LogP contribution in [0.5, 0.6) is 0 Å². The molecule has 0 radical (unpaired) electrons. The summed E-state index contributed by atoms with van der Waals surface area (Å²) in [5, 5.41) is 9.74. The molecule has 2 aromatic rings. The van der Waals surface area contributed by atoms with Crippen LogP contribution in [-0.2, 0) is 0 Å². The highest BCUT2D eigenvalue weighted by molar-refractivity contribution is 5.55. The Morgan fingerprint density at radius 2 is 1.26 bits per heavy atom. The van der Waals surface area contributed by atoms with Gasteiger partial charge in [0, 0.05) is 18.8 Å². The summed E-state index contributed by atoms with van der Waals surface area (Å²) < 4.78 is 0. The number of nitrogens with one attached hydrogen (secondary N) is 3. The summed E-state index contributed by atoms with van der Waals surface area (Å²) in [7, 11) is 0. The molecular formula is C17H26N6. The predicted molar refractivity (Wildman–Crippen MR) is 96.3 cm³/mol. The van der Waals surface area contributed by atoms with Crippen LogP contribution in [0.1, 0.15) is 39.5 Å². The molecule has 0 fully saturated rings. The summed E-state index contributed by atoms with van der Waals surface area (Å²) in [5.41, 5.74) is 0.956. The van der Waals surface area contributed by atoms with E-state index in [0.717, 1.165) is 44.5 Å². The van der Waals surface area contributed by atoms with Crippen LogP contribution in [0, 0.1) is 0 Å². The van der Waals surface area contributed by atoms with Crippen LogP contribution in [0.25, 0.3) is 0 Å². The molecule has 0 unspecified atom stereocenters. The highest BCUT2D eigenvalue weighted by atomic mass is 15.3. The van der Waals surface area contributed by atoms with Gasteiger partial charge in [-0.1, -0.05) is 44.9 Å². The van der Waals surface area contributed by atoms with Crippen molar-refractivity contribution in [2.45, 2.75) is 39.5 Å². The van der Waals surface area contributed by atoms with Crippen molar-refractivity contribution in [2.24, 2.45) is 0 Å². The first-order valence-electron chi connectivity index (χ1n) is 8.37. The molecule has 0 saturated carbocycles. The standard InChI is InChI=1S/C17H26N6/c1-3-5-12-18-15-21-16(19-13-6-4-2)23-17(22-15)20-14-10-8-7-9-11-14/h7-11H,3-6,12-13H2,1-2H3,(H3,18,19,20,21,22,23). The van der Waals surface area contributed by atoms with Gasteiger partial charge in [0.15, 0.2) is 0 Å². The zero-order valence-electron chi connectivity index (χ0n) is 14.0. The van der Waals surface area contributed by atoms with Gasteiger partial charge in [-0.15, -0.1) is 0 Å². The molecule has 0 bridgehead atoms. The molecule has 124 valence electrons. The van der Waals surface area contributed by atoms with Crippen LogP contribution >= 0.6 is 0 Å². The number of nitrogens with zero attached hydrogens (tertiary/aromatic N) is 3. The van der Waals surface area contributed by atoms with Gasteiger partial charge in [-0.05, 0) is 25.0 Å². The average Bonchev–Trinajstić information content (AvgIpc) is 2.56. The molecule has 3 N–H and O–H groups in total. The zero-order valence-corrected chi connectivity index (χ0v) is 14.0. The molecule has 6 heteroatoms. The summed E-state index contributed by atoms with van der Waals surface area (Å²) >= 11 is 0. The van der Waals surface area contributed by atoms with E-state index < -0.39 is 0 Å². The molecular weight excluding hydrogens is 288 g/mol. The van der Waals surface area contributed by atoms with Crippen molar-refractivity contribution in [1.29, 1.82) is 0 Å². The molecule has 0 amide bonds. The van der Waals surface area contributed by atoms with E-state index in [0.29, 0.717) is 17.8 Å². The maximum atomic E-state index is 4.44. The van der Waals surface area contributed by atoms with E-state index in [-0.39, 0.29) is 0 Å². The van der Waals surface area contributed by atoms with E-state index in [1.54, 1.807) is 0 Å². The van der Waals surface area contributed by atoms with Crippen molar-refractivity contribution in [3.63, 3.8) is 0 Å². The minimum atomic E-state index is 0.546. The Kier molecular flexibility index (Phi) is 7.10. The fourth-order valence-electron chi connectivity index (χ4n) is 1.99. The van der Waals surface area contributed by atoms with Crippen molar-refractivity contribution in [3.05, 3.63) is 30.3 Å². The van der Waals surface area contributed by atoms with Gasteiger partial charge in [-0.2, -0.15) is 15.0 Å². The zero-order chi connectivity index (χ0) is 16.3. The van der Waals surface area contributed by atoms with Crippen LogP contribution in [0.2, 0.25) is 0 Å². The Labute approximate surface area is 138 Å². The number of anilines is 4. The third-order valence-electron chi connectivity index (χ3n) is 3.29. The molecule has 0 aliphatic rings. The molecule has 23 heavy (non-hydrogen) atoms. The Morgan fingerprint density at radius 1 is 0.739 bits per heavy atom. The summed E-state index contributed by atoms with van der Waals surface area (Å²) in [6.07, 6.45) is 4.45. The van der Waals surface area contributed by atoms with E-state index >= 15 is 0 Å². The summed E-state index contributed by atoms with van der Waals surface area (Å²) in [5.74, 6) is 1.75. The SMILES string of the molecule is CCCCNc1nc(NCCCC)nc(Nc2ccccc2)n1. The first-order valence-corrected chi connectivity index (χ1v) is 8.37.